The molecule has 5 nitrogen and oxygen atoms in total. The van der Waals surface area contributed by atoms with Crippen LogP contribution in [0.3, 0.4) is 0 Å². The van der Waals surface area contributed by atoms with Crippen molar-refractivity contribution in [2.45, 2.75) is 32.1 Å². The molecule has 0 radical (unpaired) electrons. The zero-order chi connectivity index (χ0) is 13.9. The first-order chi connectivity index (χ1) is 9.00. The normalized spacial score (nSPS) is 25.0. The first kappa shape index (κ1) is 15.2. The Labute approximate surface area is 117 Å². The molecule has 0 aliphatic carbocycles. The van der Waals surface area contributed by atoms with Gasteiger partial charge in [-0.25, -0.2) is 0 Å². The number of hydrogen-bond donors (Lipinski definition) is 0. The zero-order valence-electron chi connectivity index (χ0n) is 12.2. The Morgan fingerprint density at radius 2 is 1.58 bits per heavy atom. The van der Waals surface area contributed by atoms with Crippen molar-refractivity contribution in [1.82, 2.24) is 13.5 Å². The highest BCUT2D eigenvalue weighted by molar-refractivity contribution is 7.86. The molecule has 2 saturated heterocycles. The van der Waals surface area contributed by atoms with Gasteiger partial charge < -0.3 is 4.90 Å². The van der Waals surface area contributed by atoms with Gasteiger partial charge in [0.05, 0.1) is 0 Å². The molecule has 112 valence electrons. The molecule has 0 N–H and O–H groups in total. The number of hydrogen-bond acceptors (Lipinski definition) is 3. The van der Waals surface area contributed by atoms with Crippen LogP contribution in [0.2, 0.25) is 0 Å². The summed E-state index contributed by atoms with van der Waals surface area (Å²) in [6.07, 6.45) is 6.03. The number of piperidine rings is 2. The highest BCUT2D eigenvalue weighted by atomic mass is 32.2. The van der Waals surface area contributed by atoms with Crippen molar-refractivity contribution in [3.8, 4) is 0 Å². The Balaban J connectivity index is 1.79. The summed E-state index contributed by atoms with van der Waals surface area (Å²) >= 11 is 0. The van der Waals surface area contributed by atoms with Crippen molar-refractivity contribution in [1.29, 1.82) is 0 Å². The van der Waals surface area contributed by atoms with Crippen LogP contribution >= 0.6 is 0 Å². The molecule has 2 aliphatic heterocycles. The molecule has 0 aromatic rings. The monoisotopic (exact) mass is 289 g/mol. The van der Waals surface area contributed by atoms with Crippen LogP contribution in [0.15, 0.2) is 0 Å². The first-order valence-electron chi connectivity index (χ1n) is 7.40. The van der Waals surface area contributed by atoms with Gasteiger partial charge in [-0.3, -0.25) is 0 Å². The van der Waals surface area contributed by atoms with E-state index in [1.165, 1.54) is 36.7 Å². The number of likely N-dealkylation sites (tertiary alicyclic amines) is 1. The maximum Gasteiger partial charge on any atom is 0.281 e. The summed E-state index contributed by atoms with van der Waals surface area (Å²) < 4.78 is 27.0. The molecule has 0 saturated carbocycles. The molecule has 0 spiro atoms. The largest absolute Gasteiger partial charge is 0.303 e. The quantitative estimate of drug-likeness (QED) is 0.775. The minimum absolute atomic E-state index is 0.673. The summed E-state index contributed by atoms with van der Waals surface area (Å²) in [5.41, 5.74) is 0. The van der Waals surface area contributed by atoms with Crippen molar-refractivity contribution >= 4 is 10.2 Å². The molecule has 0 aromatic carbocycles. The van der Waals surface area contributed by atoms with Crippen molar-refractivity contribution < 1.29 is 8.42 Å². The van der Waals surface area contributed by atoms with Crippen LogP contribution < -0.4 is 0 Å². The molecule has 2 aliphatic rings. The van der Waals surface area contributed by atoms with Crippen LogP contribution in [-0.2, 0) is 10.2 Å². The van der Waals surface area contributed by atoms with Gasteiger partial charge in [-0.2, -0.15) is 17.0 Å². The Bertz CT molecular complexity index is 369. The molecule has 0 aromatic heterocycles. The lowest BCUT2D eigenvalue weighted by atomic mass is 9.96. The standard InChI is InChI=1S/C13H27N3O2S/c1-14(2)19(17,18)16-10-6-13(7-11-16)12-15-8-4-3-5-9-15/h13H,3-12H2,1-2H3. The topological polar surface area (TPSA) is 43.9 Å². The van der Waals surface area contributed by atoms with Crippen LogP contribution in [0.1, 0.15) is 32.1 Å². The molecule has 0 atom stereocenters. The zero-order valence-corrected chi connectivity index (χ0v) is 13.0. The summed E-state index contributed by atoms with van der Waals surface area (Å²) in [6.45, 7) is 4.99. The lowest BCUT2D eigenvalue weighted by Gasteiger charge is -2.36. The van der Waals surface area contributed by atoms with Crippen LogP contribution in [0.4, 0.5) is 0 Å². The Morgan fingerprint density at radius 3 is 2.11 bits per heavy atom. The predicted molar refractivity (Wildman–Crippen MR) is 77.2 cm³/mol. The molecule has 19 heavy (non-hydrogen) atoms. The average Bonchev–Trinajstić information content (AvgIpc) is 2.40. The van der Waals surface area contributed by atoms with E-state index in [4.69, 9.17) is 0 Å². The maximum atomic E-state index is 12.0. The average molecular weight is 289 g/mol. The van der Waals surface area contributed by atoms with E-state index in [9.17, 15) is 8.42 Å². The fourth-order valence-electron chi connectivity index (χ4n) is 3.06. The lowest BCUT2D eigenvalue weighted by Crippen LogP contribution is -2.46. The molecule has 0 amide bonds. The van der Waals surface area contributed by atoms with E-state index in [0.29, 0.717) is 19.0 Å². The van der Waals surface area contributed by atoms with Crippen LogP contribution in [0, 0.1) is 5.92 Å². The molecule has 2 fully saturated rings. The number of nitrogens with zero attached hydrogens (tertiary/aromatic N) is 3. The van der Waals surface area contributed by atoms with Gasteiger partial charge >= 0.3 is 0 Å². The second kappa shape index (κ2) is 6.52. The van der Waals surface area contributed by atoms with Gasteiger partial charge in [-0.1, -0.05) is 6.42 Å². The van der Waals surface area contributed by atoms with Gasteiger partial charge in [0.25, 0.3) is 10.2 Å². The second-order valence-corrected chi connectivity index (χ2v) is 8.14. The van der Waals surface area contributed by atoms with E-state index < -0.39 is 10.2 Å². The summed E-state index contributed by atoms with van der Waals surface area (Å²) in [4.78, 5) is 2.56. The summed E-state index contributed by atoms with van der Waals surface area (Å²) in [5.74, 6) is 0.673. The SMILES string of the molecule is CN(C)S(=O)(=O)N1CCC(CN2CCCCC2)CC1. The third-order valence-electron chi connectivity index (χ3n) is 4.33. The molecular formula is C13H27N3O2S. The smallest absolute Gasteiger partial charge is 0.281 e. The third-order valence-corrected chi connectivity index (χ3v) is 6.27. The summed E-state index contributed by atoms with van der Waals surface area (Å²) in [7, 11) is 0.00921. The van der Waals surface area contributed by atoms with Crippen molar-refractivity contribution in [3.05, 3.63) is 0 Å². The first-order valence-corrected chi connectivity index (χ1v) is 8.80. The maximum absolute atomic E-state index is 12.0. The molecule has 6 heteroatoms. The molecule has 0 bridgehead atoms. The highest BCUT2D eigenvalue weighted by Gasteiger charge is 2.30. The Morgan fingerprint density at radius 1 is 1.00 bits per heavy atom. The molecule has 2 rings (SSSR count). The second-order valence-electron chi connectivity index (χ2n) is 5.99. The Hall–Kier alpha value is -0.170. The van der Waals surface area contributed by atoms with Gasteiger partial charge in [0.15, 0.2) is 0 Å². The fourth-order valence-corrected chi connectivity index (χ4v) is 4.19. The van der Waals surface area contributed by atoms with Crippen molar-refractivity contribution in [2.24, 2.45) is 5.92 Å². The third kappa shape index (κ3) is 3.90. The number of rotatable bonds is 4. The summed E-state index contributed by atoms with van der Waals surface area (Å²) in [5, 5.41) is 0. The lowest BCUT2D eigenvalue weighted by molar-refractivity contribution is 0.159. The van der Waals surface area contributed by atoms with E-state index in [0.717, 1.165) is 19.4 Å². The van der Waals surface area contributed by atoms with Crippen molar-refractivity contribution in [2.75, 3.05) is 46.8 Å². The minimum Gasteiger partial charge on any atom is -0.303 e. The Kier molecular flexibility index (Phi) is 5.22. The predicted octanol–water partition coefficient (Wildman–Crippen LogP) is 0.991. The van der Waals surface area contributed by atoms with Gasteiger partial charge in [-0.15, -0.1) is 0 Å². The van der Waals surface area contributed by atoms with Gasteiger partial charge in [-0.05, 0) is 44.7 Å². The van der Waals surface area contributed by atoms with E-state index in [-0.39, 0.29) is 0 Å². The summed E-state index contributed by atoms with van der Waals surface area (Å²) in [6, 6.07) is 0. The van der Waals surface area contributed by atoms with Crippen LogP contribution in [0.25, 0.3) is 0 Å². The van der Waals surface area contributed by atoms with Crippen LogP contribution in [-0.4, -0.2) is 68.7 Å². The molecule has 0 unspecified atom stereocenters. The van der Waals surface area contributed by atoms with Gasteiger partial charge in [0.1, 0.15) is 0 Å². The van der Waals surface area contributed by atoms with Crippen molar-refractivity contribution in [3.63, 3.8) is 0 Å². The van der Waals surface area contributed by atoms with E-state index >= 15 is 0 Å². The fraction of sp³-hybridized carbons (Fsp3) is 1.00. The minimum atomic E-state index is -3.20. The highest BCUT2D eigenvalue weighted by Crippen LogP contribution is 2.22. The van der Waals surface area contributed by atoms with E-state index in [1.807, 2.05) is 0 Å². The van der Waals surface area contributed by atoms with E-state index in [2.05, 4.69) is 4.90 Å². The van der Waals surface area contributed by atoms with E-state index in [1.54, 1.807) is 18.4 Å². The van der Waals surface area contributed by atoms with Crippen LogP contribution in [0.5, 0.6) is 0 Å². The molecular weight excluding hydrogens is 262 g/mol. The molecule has 2 heterocycles. The van der Waals surface area contributed by atoms with Gasteiger partial charge in [0, 0.05) is 33.7 Å². The van der Waals surface area contributed by atoms with Gasteiger partial charge in [0.2, 0.25) is 0 Å².